The van der Waals surface area contributed by atoms with Gasteiger partial charge in [0.15, 0.2) is 0 Å². The maximum atomic E-state index is 9.65. The number of hydrogen-bond acceptors (Lipinski definition) is 3. The van der Waals surface area contributed by atoms with Gasteiger partial charge in [0.05, 0.1) is 28.3 Å². The number of aryl methyl sites for hydroxylation is 1. The predicted octanol–water partition coefficient (Wildman–Crippen LogP) is 3.63. The fourth-order valence-electron chi connectivity index (χ4n) is 2.91. The molecule has 4 heteroatoms. The van der Waals surface area contributed by atoms with Crippen molar-refractivity contribution < 1.29 is 0 Å². The van der Waals surface area contributed by atoms with E-state index in [4.69, 9.17) is 0 Å². The Morgan fingerprint density at radius 3 is 2.76 bits per heavy atom. The third-order valence-electron chi connectivity index (χ3n) is 3.88. The highest BCUT2D eigenvalue weighted by Crippen LogP contribution is 2.31. The number of rotatable bonds is 1. The van der Waals surface area contributed by atoms with Gasteiger partial charge in [0, 0.05) is 22.7 Å². The highest BCUT2D eigenvalue weighted by Gasteiger charge is 2.13. The van der Waals surface area contributed by atoms with Crippen molar-refractivity contribution in [3.63, 3.8) is 0 Å². The Bertz CT molecular complexity index is 1040. The van der Waals surface area contributed by atoms with Crippen molar-refractivity contribution in [1.82, 2.24) is 14.8 Å². The van der Waals surface area contributed by atoms with Crippen LogP contribution in [-0.4, -0.2) is 14.8 Å². The van der Waals surface area contributed by atoms with Crippen molar-refractivity contribution in [2.45, 2.75) is 13.5 Å². The lowest BCUT2D eigenvalue weighted by molar-refractivity contribution is 0.684. The summed E-state index contributed by atoms with van der Waals surface area (Å²) in [5.74, 6) is 0. The van der Waals surface area contributed by atoms with Crippen LogP contribution in [0.4, 0.5) is 0 Å². The number of para-hydroxylation sites is 1. The van der Waals surface area contributed by atoms with Crippen LogP contribution in [0.2, 0.25) is 0 Å². The fourth-order valence-corrected chi connectivity index (χ4v) is 2.91. The lowest BCUT2D eigenvalue weighted by atomic mass is 10.0. The van der Waals surface area contributed by atoms with E-state index in [1.807, 2.05) is 47.3 Å². The number of benzene rings is 2. The molecule has 0 unspecified atom stereocenters. The van der Waals surface area contributed by atoms with Crippen LogP contribution in [0.3, 0.4) is 0 Å². The summed E-state index contributed by atoms with van der Waals surface area (Å²) in [6.07, 6.45) is 1.83. The van der Waals surface area contributed by atoms with E-state index in [1.165, 1.54) is 0 Å². The maximum absolute atomic E-state index is 9.65. The zero-order valence-corrected chi connectivity index (χ0v) is 11.5. The summed E-state index contributed by atoms with van der Waals surface area (Å²) >= 11 is 0. The number of nitriles is 1. The van der Waals surface area contributed by atoms with E-state index < -0.39 is 0 Å². The van der Waals surface area contributed by atoms with Gasteiger partial charge in [-0.15, -0.1) is 0 Å². The normalized spacial score (nSPS) is 11.2. The van der Waals surface area contributed by atoms with Crippen molar-refractivity contribution in [2.24, 2.45) is 0 Å². The van der Waals surface area contributed by atoms with Crippen LogP contribution >= 0.6 is 0 Å². The zero-order valence-electron chi connectivity index (χ0n) is 11.5. The van der Waals surface area contributed by atoms with Gasteiger partial charge in [-0.25, -0.2) is 4.98 Å². The van der Waals surface area contributed by atoms with Gasteiger partial charge in [-0.05, 0) is 25.1 Å². The molecule has 0 atom stereocenters. The van der Waals surface area contributed by atoms with Gasteiger partial charge in [0.1, 0.15) is 6.07 Å². The highest BCUT2D eigenvalue weighted by atomic mass is 15.3. The van der Waals surface area contributed by atoms with Crippen molar-refractivity contribution >= 4 is 32.7 Å². The average molecular weight is 272 g/mol. The van der Waals surface area contributed by atoms with E-state index >= 15 is 0 Å². The molecule has 0 fully saturated rings. The molecule has 0 spiro atoms. The van der Waals surface area contributed by atoms with Crippen LogP contribution in [0.15, 0.2) is 42.6 Å². The summed E-state index contributed by atoms with van der Waals surface area (Å²) < 4.78 is 1.94. The van der Waals surface area contributed by atoms with Crippen LogP contribution in [0.1, 0.15) is 12.5 Å². The molecule has 4 aromatic rings. The molecule has 21 heavy (non-hydrogen) atoms. The number of fused-ring (bicyclic) bond motifs is 4. The predicted molar refractivity (Wildman–Crippen MR) is 82.9 cm³/mol. The zero-order chi connectivity index (χ0) is 14.4. The van der Waals surface area contributed by atoms with Gasteiger partial charge < -0.3 is 0 Å². The van der Waals surface area contributed by atoms with Gasteiger partial charge in [-0.2, -0.15) is 10.4 Å². The number of nitrogens with zero attached hydrogens (tertiary/aromatic N) is 4. The van der Waals surface area contributed by atoms with Crippen LogP contribution in [0.25, 0.3) is 32.7 Å². The number of pyridine rings is 1. The Kier molecular flexibility index (Phi) is 2.42. The monoisotopic (exact) mass is 272 g/mol. The van der Waals surface area contributed by atoms with E-state index in [2.05, 4.69) is 23.1 Å². The van der Waals surface area contributed by atoms with Crippen molar-refractivity contribution in [2.75, 3.05) is 0 Å². The first kappa shape index (κ1) is 11.9. The molecule has 0 radical (unpaired) electrons. The Balaban J connectivity index is 2.30. The Morgan fingerprint density at radius 2 is 1.95 bits per heavy atom. The summed E-state index contributed by atoms with van der Waals surface area (Å²) in [4.78, 5) is 4.68. The lowest BCUT2D eigenvalue weighted by Crippen LogP contribution is -1.95. The first-order valence-electron chi connectivity index (χ1n) is 6.90. The molecule has 4 rings (SSSR count). The van der Waals surface area contributed by atoms with Crippen LogP contribution in [0, 0.1) is 11.3 Å². The molecule has 4 nitrogen and oxygen atoms in total. The van der Waals surface area contributed by atoms with Gasteiger partial charge >= 0.3 is 0 Å². The second kappa shape index (κ2) is 4.29. The SMILES string of the molecule is CCn1ncc2c3c(C#N)c4ccccc4nc3ccc21. The van der Waals surface area contributed by atoms with Crippen molar-refractivity contribution in [3.05, 3.63) is 48.2 Å². The molecule has 0 bridgehead atoms. The average Bonchev–Trinajstić information content (AvgIpc) is 2.95. The summed E-state index contributed by atoms with van der Waals surface area (Å²) in [6.45, 7) is 2.86. The van der Waals surface area contributed by atoms with Gasteiger partial charge in [-0.3, -0.25) is 4.68 Å². The molecule has 0 aliphatic rings. The Labute approximate surface area is 121 Å². The topological polar surface area (TPSA) is 54.5 Å². The van der Waals surface area contributed by atoms with Crippen molar-refractivity contribution in [1.29, 1.82) is 5.26 Å². The standard InChI is InChI=1S/C17H12N4/c1-2-21-16-8-7-15-17(13(16)10-19-21)12(9-18)11-5-3-4-6-14(11)20-15/h3-8,10H,2H2,1H3. The summed E-state index contributed by atoms with van der Waals surface area (Å²) in [5, 5.41) is 16.8. The number of hydrogen-bond donors (Lipinski definition) is 0. The Morgan fingerprint density at radius 1 is 1.10 bits per heavy atom. The minimum Gasteiger partial charge on any atom is -0.265 e. The molecule has 0 aliphatic carbocycles. The smallest absolute Gasteiger partial charge is 0.101 e. The summed E-state index contributed by atoms with van der Waals surface area (Å²) in [7, 11) is 0. The molecule has 100 valence electrons. The first-order chi connectivity index (χ1) is 10.3. The minimum atomic E-state index is 0.678. The molecular formula is C17H12N4. The highest BCUT2D eigenvalue weighted by molar-refractivity contribution is 6.12. The van der Waals surface area contributed by atoms with E-state index in [9.17, 15) is 5.26 Å². The van der Waals surface area contributed by atoms with Gasteiger partial charge in [-0.1, -0.05) is 18.2 Å². The molecule has 0 amide bonds. The maximum Gasteiger partial charge on any atom is 0.101 e. The molecule has 0 saturated carbocycles. The second-order valence-electron chi connectivity index (χ2n) is 4.97. The van der Waals surface area contributed by atoms with Crippen LogP contribution in [0.5, 0.6) is 0 Å². The van der Waals surface area contributed by atoms with E-state index in [-0.39, 0.29) is 0 Å². The summed E-state index contributed by atoms with van der Waals surface area (Å²) in [5.41, 5.74) is 3.41. The van der Waals surface area contributed by atoms with E-state index in [0.717, 1.165) is 39.3 Å². The van der Waals surface area contributed by atoms with Crippen LogP contribution < -0.4 is 0 Å². The first-order valence-corrected chi connectivity index (χ1v) is 6.90. The Hall–Kier alpha value is -2.93. The van der Waals surface area contributed by atoms with Gasteiger partial charge in [0.25, 0.3) is 0 Å². The molecular weight excluding hydrogens is 260 g/mol. The third-order valence-corrected chi connectivity index (χ3v) is 3.88. The molecule has 2 aromatic carbocycles. The van der Waals surface area contributed by atoms with Gasteiger partial charge in [0.2, 0.25) is 0 Å². The van der Waals surface area contributed by atoms with Crippen LogP contribution in [-0.2, 0) is 6.54 Å². The molecule has 0 saturated heterocycles. The second-order valence-corrected chi connectivity index (χ2v) is 4.97. The molecule has 0 N–H and O–H groups in total. The van der Waals surface area contributed by atoms with Crippen molar-refractivity contribution in [3.8, 4) is 6.07 Å². The number of aromatic nitrogens is 3. The quantitative estimate of drug-likeness (QED) is 0.497. The fraction of sp³-hybridized carbons (Fsp3) is 0.118. The van der Waals surface area contributed by atoms with E-state index in [1.54, 1.807) is 0 Å². The summed E-state index contributed by atoms with van der Waals surface area (Å²) in [6, 6.07) is 14.1. The molecule has 2 aromatic heterocycles. The third kappa shape index (κ3) is 1.55. The minimum absolute atomic E-state index is 0.678. The lowest BCUT2D eigenvalue weighted by Gasteiger charge is -2.06. The molecule has 0 aliphatic heterocycles. The largest absolute Gasteiger partial charge is 0.265 e. The van der Waals surface area contributed by atoms with E-state index in [0.29, 0.717) is 5.56 Å². The molecule has 2 heterocycles.